The molecule has 2 unspecified atom stereocenters. The number of nitrogens with one attached hydrogen (secondary N) is 1. The molecule has 0 saturated carbocycles. The van der Waals surface area contributed by atoms with Crippen LogP contribution in [0, 0.1) is 0 Å². The maximum absolute atomic E-state index is 14.7. The van der Waals surface area contributed by atoms with Gasteiger partial charge in [-0.1, -0.05) is 0 Å². The quantitative estimate of drug-likeness (QED) is 0.111. The molecule has 1 aliphatic rings. The summed E-state index contributed by atoms with van der Waals surface area (Å²) < 4.78 is 65.8. The maximum atomic E-state index is 14.7. The van der Waals surface area contributed by atoms with Gasteiger partial charge in [0.05, 0.1) is 12.5 Å². The Kier molecular flexibility index (Phi) is 8.42. The monoisotopic (exact) mass is 549 g/mol. The second kappa shape index (κ2) is 9.82. The van der Waals surface area contributed by atoms with Gasteiger partial charge >= 0.3 is 29.2 Å². The van der Waals surface area contributed by atoms with Crippen molar-refractivity contribution in [3.63, 3.8) is 0 Å². The lowest BCUT2D eigenvalue weighted by atomic mass is 9.99. The summed E-state index contributed by atoms with van der Waals surface area (Å²) in [6, 6.07) is 1.04. The number of phosphoric acid groups is 3. The number of phosphoric ester groups is 1. The SMILES string of the molecule is O=c1nc(NO)ccn1[C@@H]1O[C@](CCl)(COP(=O)(O)OP(=O)(O)OP(=O)(O)O)[C@@H](O)[C@H]1F. The Morgan fingerprint density at radius 2 is 1.88 bits per heavy atom. The number of rotatable bonds is 10. The number of hydrogen-bond donors (Lipinski definition) is 7. The first-order valence-corrected chi connectivity index (χ1v) is 12.9. The summed E-state index contributed by atoms with van der Waals surface area (Å²) in [4.78, 5) is 51.0. The molecule has 17 nitrogen and oxygen atoms in total. The van der Waals surface area contributed by atoms with Gasteiger partial charge in [-0.2, -0.15) is 13.6 Å². The molecule has 184 valence electrons. The lowest BCUT2D eigenvalue weighted by Crippen LogP contribution is -2.47. The van der Waals surface area contributed by atoms with E-state index in [1.54, 1.807) is 5.48 Å². The van der Waals surface area contributed by atoms with Crippen LogP contribution in [0.25, 0.3) is 0 Å². The van der Waals surface area contributed by atoms with Crippen molar-refractivity contribution >= 4 is 40.9 Å². The highest BCUT2D eigenvalue weighted by molar-refractivity contribution is 7.66. The number of alkyl halides is 2. The molecule has 0 radical (unpaired) electrons. The Labute approximate surface area is 181 Å². The van der Waals surface area contributed by atoms with Gasteiger partial charge in [0, 0.05) is 6.20 Å². The van der Waals surface area contributed by atoms with Crippen LogP contribution in [0.3, 0.4) is 0 Å². The van der Waals surface area contributed by atoms with Crippen molar-refractivity contribution < 1.29 is 65.9 Å². The van der Waals surface area contributed by atoms with Crippen molar-refractivity contribution in [2.24, 2.45) is 0 Å². The third kappa shape index (κ3) is 6.62. The maximum Gasteiger partial charge on any atom is 0.490 e. The Bertz CT molecular complexity index is 1040. The van der Waals surface area contributed by atoms with E-state index in [0.717, 1.165) is 12.3 Å². The zero-order valence-electron chi connectivity index (χ0n) is 15.2. The fraction of sp³-hybridized carbons (Fsp3) is 0.600. The molecular weight excluding hydrogens is 533 g/mol. The van der Waals surface area contributed by atoms with Crippen molar-refractivity contribution in [3.8, 4) is 0 Å². The van der Waals surface area contributed by atoms with Crippen LogP contribution in [0.4, 0.5) is 10.2 Å². The minimum atomic E-state index is -5.82. The zero-order valence-corrected chi connectivity index (χ0v) is 18.7. The van der Waals surface area contributed by atoms with E-state index in [-0.39, 0.29) is 5.82 Å². The molecule has 6 atom stereocenters. The number of halogens is 2. The molecule has 0 aromatic carbocycles. The normalized spacial score (nSPS) is 29.9. The molecular formula is C10H16ClFN3O14P3. The van der Waals surface area contributed by atoms with Crippen LogP contribution < -0.4 is 11.2 Å². The number of ether oxygens (including phenoxy) is 1. The smallest absolute Gasteiger partial charge is 0.387 e. The number of anilines is 1. The highest BCUT2D eigenvalue weighted by Gasteiger charge is 2.57. The minimum absolute atomic E-state index is 0.295. The Hall–Kier alpha value is -0.810. The average molecular weight is 550 g/mol. The molecule has 22 heteroatoms. The first kappa shape index (κ1) is 27.4. The van der Waals surface area contributed by atoms with Gasteiger partial charge in [-0.3, -0.25) is 19.8 Å². The van der Waals surface area contributed by atoms with E-state index >= 15 is 0 Å². The molecule has 32 heavy (non-hydrogen) atoms. The molecule has 1 fully saturated rings. The number of aliphatic hydroxyl groups excluding tert-OH is 1. The minimum Gasteiger partial charge on any atom is -0.387 e. The standard InChI is InChI=1S/C10H16ClFN3O14P3/c11-3-10(4-26-31(22,23)29-32(24,25)28-30(19,20)21)7(16)6(12)8(27-10)15-2-1-5(14-18)13-9(15)17/h1-2,6-8,16,18H,3-4H2,(H,22,23)(H,24,25)(H,13,14,17)(H2,19,20,21)/t6-,7+,8-,10-/m1/s1. The summed E-state index contributed by atoms with van der Waals surface area (Å²) in [5, 5.41) is 18.9. The van der Waals surface area contributed by atoms with E-state index in [1.807, 2.05) is 0 Å². The van der Waals surface area contributed by atoms with Crippen molar-refractivity contribution in [2.75, 3.05) is 18.0 Å². The highest BCUT2D eigenvalue weighted by Crippen LogP contribution is 2.66. The van der Waals surface area contributed by atoms with Gasteiger partial charge in [0.1, 0.15) is 11.7 Å². The molecule has 2 rings (SSSR count). The first-order chi connectivity index (χ1) is 14.5. The number of hydrogen-bond acceptors (Lipinski definition) is 12. The van der Waals surface area contributed by atoms with Gasteiger partial charge in [0.2, 0.25) is 0 Å². The Morgan fingerprint density at radius 1 is 1.25 bits per heavy atom. The van der Waals surface area contributed by atoms with Crippen molar-refractivity contribution in [1.82, 2.24) is 9.55 Å². The Balaban J connectivity index is 2.21. The second-order valence-electron chi connectivity index (χ2n) is 6.07. The molecule has 0 spiro atoms. The van der Waals surface area contributed by atoms with Crippen LogP contribution in [0.1, 0.15) is 6.23 Å². The third-order valence-corrected chi connectivity index (χ3v) is 8.04. The van der Waals surface area contributed by atoms with Gasteiger partial charge in [0.25, 0.3) is 0 Å². The van der Waals surface area contributed by atoms with E-state index in [9.17, 15) is 32.9 Å². The van der Waals surface area contributed by atoms with Crippen LogP contribution >= 0.6 is 35.1 Å². The van der Waals surface area contributed by atoms with Crippen molar-refractivity contribution in [1.29, 1.82) is 0 Å². The van der Waals surface area contributed by atoms with Crippen LogP contribution in [-0.4, -0.2) is 69.8 Å². The fourth-order valence-corrected chi connectivity index (χ4v) is 5.84. The average Bonchev–Trinajstić information content (AvgIpc) is 2.89. The summed E-state index contributed by atoms with van der Waals surface area (Å²) >= 11 is 5.69. The van der Waals surface area contributed by atoms with E-state index < -0.39 is 65.7 Å². The number of nitrogens with zero attached hydrogens (tertiary/aromatic N) is 2. The zero-order chi connectivity index (χ0) is 24.5. The Morgan fingerprint density at radius 3 is 2.38 bits per heavy atom. The molecule has 2 heterocycles. The predicted molar refractivity (Wildman–Crippen MR) is 98.2 cm³/mol. The lowest BCUT2D eigenvalue weighted by molar-refractivity contribution is -0.113. The molecule has 0 amide bonds. The molecule has 1 aliphatic heterocycles. The molecule has 1 aromatic heterocycles. The summed E-state index contributed by atoms with van der Waals surface area (Å²) in [6.07, 6.45) is -5.49. The van der Waals surface area contributed by atoms with E-state index in [2.05, 4.69) is 18.1 Å². The topological polar surface area (TPSA) is 256 Å². The van der Waals surface area contributed by atoms with Gasteiger partial charge < -0.3 is 29.4 Å². The molecule has 0 aliphatic carbocycles. The van der Waals surface area contributed by atoms with Crippen molar-refractivity contribution in [2.45, 2.75) is 24.1 Å². The van der Waals surface area contributed by atoms with E-state index in [4.69, 9.17) is 36.2 Å². The molecule has 1 saturated heterocycles. The van der Waals surface area contributed by atoms with Crippen LogP contribution in [0.15, 0.2) is 17.1 Å². The van der Waals surface area contributed by atoms with Crippen molar-refractivity contribution in [3.05, 3.63) is 22.7 Å². The van der Waals surface area contributed by atoms with Crippen LogP contribution in [-0.2, 0) is 31.6 Å². The largest absolute Gasteiger partial charge is 0.490 e. The third-order valence-electron chi connectivity index (χ3n) is 3.80. The summed E-state index contributed by atoms with van der Waals surface area (Å²) in [5.41, 5.74) is -1.87. The van der Waals surface area contributed by atoms with Crippen LogP contribution in [0.2, 0.25) is 0 Å². The molecule has 1 aromatic rings. The van der Waals surface area contributed by atoms with E-state index in [1.165, 1.54) is 0 Å². The number of aliphatic hydroxyl groups is 1. The molecule has 0 bridgehead atoms. The van der Waals surface area contributed by atoms with Gasteiger partial charge in [-0.25, -0.2) is 22.9 Å². The number of aromatic nitrogens is 2. The fourth-order valence-electron chi connectivity index (χ4n) is 2.46. The highest BCUT2D eigenvalue weighted by atomic mass is 35.5. The van der Waals surface area contributed by atoms with E-state index in [0.29, 0.717) is 4.57 Å². The lowest BCUT2D eigenvalue weighted by Gasteiger charge is -2.29. The van der Waals surface area contributed by atoms with Gasteiger partial charge in [-0.15, -0.1) is 11.6 Å². The van der Waals surface area contributed by atoms with Gasteiger partial charge in [-0.05, 0) is 6.07 Å². The molecule has 7 N–H and O–H groups in total. The predicted octanol–water partition coefficient (Wildman–Crippen LogP) is -0.407. The summed E-state index contributed by atoms with van der Waals surface area (Å²) in [5.74, 6) is -1.10. The van der Waals surface area contributed by atoms with Gasteiger partial charge in [0.15, 0.2) is 18.2 Å². The first-order valence-electron chi connectivity index (χ1n) is 7.88. The summed E-state index contributed by atoms with van der Waals surface area (Å²) in [6.45, 7) is -1.27. The van der Waals surface area contributed by atoms with Crippen LogP contribution in [0.5, 0.6) is 0 Å². The summed E-state index contributed by atoms with van der Waals surface area (Å²) in [7, 11) is -17.1. The second-order valence-corrected chi connectivity index (χ2v) is 10.8.